The number of benzene rings is 2. The van der Waals surface area contributed by atoms with Gasteiger partial charge in [-0.1, -0.05) is 28.1 Å². The average molecular weight is 302 g/mol. The molecule has 0 spiro atoms. The Bertz CT molecular complexity index is 585. The highest BCUT2D eigenvalue weighted by Crippen LogP contribution is 2.21. The molecule has 3 N–H and O–H groups in total. The standard InChI is InChI=1S/C14H12BrN3/c15-12-4-3-11(8-16)14(7-12)18-9-10-1-5-13(17)6-2-10/h1-7,18H,9,17H2. The number of anilines is 2. The lowest BCUT2D eigenvalue weighted by molar-refractivity contribution is 1.15. The minimum absolute atomic E-state index is 0.633. The van der Waals surface area contributed by atoms with Gasteiger partial charge in [0.1, 0.15) is 6.07 Å². The van der Waals surface area contributed by atoms with Crippen LogP contribution in [-0.2, 0) is 6.54 Å². The largest absolute Gasteiger partial charge is 0.399 e. The molecule has 0 fully saturated rings. The highest BCUT2D eigenvalue weighted by Gasteiger charge is 2.02. The Hall–Kier alpha value is -1.99. The van der Waals surface area contributed by atoms with Gasteiger partial charge in [0.05, 0.1) is 11.3 Å². The molecule has 0 bridgehead atoms. The lowest BCUT2D eigenvalue weighted by Gasteiger charge is -2.09. The molecular formula is C14H12BrN3. The molecule has 2 aromatic carbocycles. The van der Waals surface area contributed by atoms with Crippen molar-refractivity contribution in [1.29, 1.82) is 5.26 Å². The number of nitrogens with two attached hydrogens (primary N) is 1. The molecule has 3 nitrogen and oxygen atoms in total. The van der Waals surface area contributed by atoms with Crippen molar-refractivity contribution in [3.8, 4) is 6.07 Å². The molecule has 0 aliphatic carbocycles. The predicted molar refractivity (Wildman–Crippen MR) is 77.0 cm³/mol. The van der Waals surface area contributed by atoms with Crippen LogP contribution in [0, 0.1) is 11.3 Å². The normalized spacial score (nSPS) is 9.78. The van der Waals surface area contributed by atoms with Gasteiger partial charge in [0, 0.05) is 16.7 Å². The van der Waals surface area contributed by atoms with Crippen molar-refractivity contribution in [3.63, 3.8) is 0 Å². The second-order valence-corrected chi connectivity index (χ2v) is 4.81. The van der Waals surface area contributed by atoms with Crippen LogP contribution in [0.3, 0.4) is 0 Å². The van der Waals surface area contributed by atoms with Crippen LogP contribution < -0.4 is 11.1 Å². The summed E-state index contributed by atoms with van der Waals surface area (Å²) in [6.07, 6.45) is 0. The SMILES string of the molecule is N#Cc1ccc(Br)cc1NCc1ccc(N)cc1. The molecule has 0 amide bonds. The fourth-order valence-corrected chi connectivity index (χ4v) is 1.95. The Labute approximate surface area is 114 Å². The summed E-state index contributed by atoms with van der Waals surface area (Å²) >= 11 is 3.40. The molecule has 4 heteroatoms. The zero-order valence-corrected chi connectivity index (χ0v) is 11.2. The van der Waals surface area contributed by atoms with E-state index in [1.165, 1.54) is 0 Å². The summed E-state index contributed by atoms with van der Waals surface area (Å²) < 4.78 is 0.946. The first-order valence-electron chi connectivity index (χ1n) is 5.47. The topological polar surface area (TPSA) is 61.8 Å². The van der Waals surface area contributed by atoms with E-state index in [2.05, 4.69) is 27.3 Å². The average Bonchev–Trinajstić information content (AvgIpc) is 2.38. The third-order valence-electron chi connectivity index (χ3n) is 2.56. The van der Waals surface area contributed by atoms with E-state index in [-0.39, 0.29) is 0 Å². The van der Waals surface area contributed by atoms with Gasteiger partial charge in [0.15, 0.2) is 0 Å². The van der Waals surface area contributed by atoms with Crippen LogP contribution in [0.5, 0.6) is 0 Å². The zero-order valence-electron chi connectivity index (χ0n) is 9.65. The molecule has 0 saturated carbocycles. The molecule has 2 rings (SSSR count). The van der Waals surface area contributed by atoms with Crippen molar-refractivity contribution in [2.75, 3.05) is 11.1 Å². The van der Waals surface area contributed by atoms with Crippen LogP contribution >= 0.6 is 15.9 Å². The lowest BCUT2D eigenvalue weighted by Crippen LogP contribution is -2.01. The summed E-state index contributed by atoms with van der Waals surface area (Å²) in [6, 6.07) is 15.4. The molecule has 0 radical (unpaired) electrons. The highest BCUT2D eigenvalue weighted by molar-refractivity contribution is 9.10. The number of nitrogens with zero attached hydrogens (tertiary/aromatic N) is 1. The van der Waals surface area contributed by atoms with Gasteiger partial charge in [-0.25, -0.2) is 0 Å². The van der Waals surface area contributed by atoms with Gasteiger partial charge in [0.25, 0.3) is 0 Å². The van der Waals surface area contributed by atoms with E-state index in [0.29, 0.717) is 12.1 Å². The highest BCUT2D eigenvalue weighted by atomic mass is 79.9. The molecule has 2 aromatic rings. The summed E-state index contributed by atoms with van der Waals surface area (Å²) in [7, 11) is 0. The third kappa shape index (κ3) is 3.02. The maximum atomic E-state index is 9.02. The van der Waals surface area contributed by atoms with Gasteiger partial charge in [-0.3, -0.25) is 0 Å². The quantitative estimate of drug-likeness (QED) is 0.853. The van der Waals surface area contributed by atoms with Crippen LogP contribution in [0.4, 0.5) is 11.4 Å². The Kier molecular flexibility index (Phi) is 3.85. The van der Waals surface area contributed by atoms with E-state index >= 15 is 0 Å². The van der Waals surface area contributed by atoms with Crippen molar-refractivity contribution >= 4 is 27.3 Å². The van der Waals surface area contributed by atoms with Crippen LogP contribution in [0.15, 0.2) is 46.9 Å². The maximum absolute atomic E-state index is 9.02. The summed E-state index contributed by atoms with van der Waals surface area (Å²) in [6.45, 7) is 0.658. The summed E-state index contributed by atoms with van der Waals surface area (Å²) in [5.41, 5.74) is 8.95. The first-order chi connectivity index (χ1) is 8.69. The first kappa shape index (κ1) is 12.5. The minimum atomic E-state index is 0.633. The van der Waals surface area contributed by atoms with E-state index in [0.717, 1.165) is 21.4 Å². The fraction of sp³-hybridized carbons (Fsp3) is 0.0714. The maximum Gasteiger partial charge on any atom is 0.101 e. The van der Waals surface area contributed by atoms with Crippen LogP contribution in [0.25, 0.3) is 0 Å². The molecule has 0 unspecified atom stereocenters. The van der Waals surface area contributed by atoms with Crippen molar-refractivity contribution in [1.82, 2.24) is 0 Å². The van der Waals surface area contributed by atoms with E-state index < -0.39 is 0 Å². The minimum Gasteiger partial charge on any atom is -0.399 e. The molecular weight excluding hydrogens is 290 g/mol. The summed E-state index contributed by atoms with van der Waals surface area (Å²) in [4.78, 5) is 0. The van der Waals surface area contributed by atoms with Gasteiger partial charge >= 0.3 is 0 Å². The second kappa shape index (κ2) is 5.56. The Morgan fingerprint density at radius 2 is 1.89 bits per heavy atom. The Morgan fingerprint density at radius 1 is 1.17 bits per heavy atom. The number of halogens is 1. The van der Waals surface area contributed by atoms with Crippen molar-refractivity contribution in [2.45, 2.75) is 6.54 Å². The molecule has 0 atom stereocenters. The van der Waals surface area contributed by atoms with Crippen molar-refractivity contribution < 1.29 is 0 Å². The number of nitrogen functional groups attached to an aromatic ring is 1. The van der Waals surface area contributed by atoms with Gasteiger partial charge in [-0.05, 0) is 35.9 Å². The smallest absolute Gasteiger partial charge is 0.101 e. The Morgan fingerprint density at radius 3 is 2.56 bits per heavy atom. The van der Waals surface area contributed by atoms with Gasteiger partial charge < -0.3 is 11.1 Å². The molecule has 0 aromatic heterocycles. The van der Waals surface area contributed by atoms with Crippen LogP contribution in [0.2, 0.25) is 0 Å². The van der Waals surface area contributed by atoms with Crippen molar-refractivity contribution in [2.24, 2.45) is 0 Å². The van der Waals surface area contributed by atoms with E-state index in [1.807, 2.05) is 36.4 Å². The molecule has 0 aliphatic rings. The number of hydrogen-bond acceptors (Lipinski definition) is 3. The van der Waals surface area contributed by atoms with Gasteiger partial charge in [-0.2, -0.15) is 5.26 Å². The summed E-state index contributed by atoms with van der Waals surface area (Å²) in [5, 5.41) is 12.3. The number of nitrogens with one attached hydrogen (secondary N) is 1. The third-order valence-corrected chi connectivity index (χ3v) is 3.06. The fourth-order valence-electron chi connectivity index (χ4n) is 1.59. The van der Waals surface area contributed by atoms with Crippen LogP contribution in [-0.4, -0.2) is 0 Å². The van der Waals surface area contributed by atoms with Crippen molar-refractivity contribution in [3.05, 3.63) is 58.1 Å². The van der Waals surface area contributed by atoms with Crippen LogP contribution in [0.1, 0.15) is 11.1 Å². The zero-order chi connectivity index (χ0) is 13.0. The monoisotopic (exact) mass is 301 g/mol. The first-order valence-corrected chi connectivity index (χ1v) is 6.26. The molecule has 18 heavy (non-hydrogen) atoms. The van der Waals surface area contributed by atoms with E-state index in [9.17, 15) is 0 Å². The predicted octanol–water partition coefficient (Wildman–Crippen LogP) is 3.52. The van der Waals surface area contributed by atoms with Gasteiger partial charge in [0.2, 0.25) is 0 Å². The van der Waals surface area contributed by atoms with Gasteiger partial charge in [-0.15, -0.1) is 0 Å². The number of rotatable bonds is 3. The molecule has 0 aliphatic heterocycles. The lowest BCUT2D eigenvalue weighted by atomic mass is 10.1. The number of nitriles is 1. The molecule has 0 heterocycles. The van der Waals surface area contributed by atoms with E-state index in [1.54, 1.807) is 6.07 Å². The number of hydrogen-bond donors (Lipinski definition) is 2. The molecule has 0 saturated heterocycles. The second-order valence-electron chi connectivity index (χ2n) is 3.90. The molecule has 90 valence electrons. The van der Waals surface area contributed by atoms with E-state index in [4.69, 9.17) is 11.0 Å². The summed E-state index contributed by atoms with van der Waals surface area (Å²) in [5.74, 6) is 0. The Balaban J connectivity index is 2.13.